The molecule has 2 aromatic carbocycles. The van der Waals surface area contributed by atoms with Crippen molar-refractivity contribution in [2.45, 2.75) is 12.6 Å². The maximum atomic E-state index is 13.1. The molecule has 3 rings (SSSR count). The molecule has 0 fully saturated rings. The summed E-state index contributed by atoms with van der Waals surface area (Å²) in [5, 5.41) is 9.21. The number of hydrogen-bond acceptors (Lipinski definition) is 4. The number of fused-ring (bicyclic) bond motifs is 1. The molecule has 26 heavy (non-hydrogen) atoms. The van der Waals surface area contributed by atoms with E-state index in [1.54, 1.807) is 23.1 Å². The first-order chi connectivity index (χ1) is 12.5. The zero-order chi connectivity index (χ0) is 18.7. The van der Waals surface area contributed by atoms with Crippen LogP contribution >= 0.6 is 0 Å². The van der Waals surface area contributed by atoms with Gasteiger partial charge < -0.3 is 19.9 Å². The van der Waals surface area contributed by atoms with Crippen LogP contribution in [0.1, 0.15) is 27.8 Å². The predicted octanol–water partition coefficient (Wildman–Crippen LogP) is 2.43. The van der Waals surface area contributed by atoms with Crippen molar-refractivity contribution in [3.63, 3.8) is 0 Å². The first-order valence-corrected chi connectivity index (χ1v) is 8.56. The van der Waals surface area contributed by atoms with Gasteiger partial charge in [-0.25, -0.2) is 4.98 Å². The van der Waals surface area contributed by atoms with Crippen molar-refractivity contribution < 1.29 is 9.90 Å². The second-order valence-corrected chi connectivity index (χ2v) is 6.68. The molecule has 1 heterocycles. The maximum absolute atomic E-state index is 13.1. The van der Waals surface area contributed by atoms with Crippen molar-refractivity contribution in [1.82, 2.24) is 19.8 Å². The lowest BCUT2D eigenvalue weighted by Gasteiger charge is -2.31. The number of nitrogens with zero attached hydrogens (tertiary/aromatic N) is 3. The van der Waals surface area contributed by atoms with E-state index in [9.17, 15) is 9.90 Å². The van der Waals surface area contributed by atoms with E-state index in [0.29, 0.717) is 11.4 Å². The standard InChI is InChI=1S/C20H24N4O2/c1-23(2)12-18(14-7-5-4-6-8-14)24(3)20(26)15-9-10-16-17(11-15)22-19(13-25)21-16/h4-11,18,25H,12-13H2,1-3H3,(H,21,22). The summed E-state index contributed by atoms with van der Waals surface area (Å²) in [5.74, 6) is 0.440. The third kappa shape index (κ3) is 3.76. The van der Waals surface area contributed by atoms with Gasteiger partial charge in [0.05, 0.1) is 17.1 Å². The van der Waals surface area contributed by atoms with Gasteiger partial charge in [0.1, 0.15) is 12.4 Å². The summed E-state index contributed by atoms with van der Waals surface area (Å²) in [6, 6.07) is 15.4. The van der Waals surface area contributed by atoms with Crippen LogP contribution in [-0.4, -0.2) is 58.5 Å². The van der Waals surface area contributed by atoms with Gasteiger partial charge in [-0.15, -0.1) is 0 Å². The summed E-state index contributed by atoms with van der Waals surface area (Å²) in [5.41, 5.74) is 3.17. The number of aromatic amines is 1. The van der Waals surface area contributed by atoms with Crippen LogP contribution in [0.3, 0.4) is 0 Å². The van der Waals surface area contributed by atoms with E-state index in [1.165, 1.54) is 0 Å². The highest BCUT2D eigenvalue weighted by atomic mass is 16.3. The number of nitrogens with one attached hydrogen (secondary N) is 1. The van der Waals surface area contributed by atoms with E-state index in [1.807, 2.05) is 51.5 Å². The average Bonchev–Trinajstić information content (AvgIpc) is 3.08. The van der Waals surface area contributed by atoms with Gasteiger partial charge in [0, 0.05) is 19.2 Å². The summed E-state index contributed by atoms with van der Waals surface area (Å²) in [6.07, 6.45) is 0. The summed E-state index contributed by atoms with van der Waals surface area (Å²) >= 11 is 0. The largest absolute Gasteiger partial charge is 0.388 e. The van der Waals surface area contributed by atoms with E-state index in [0.717, 1.165) is 23.1 Å². The molecule has 0 saturated carbocycles. The van der Waals surface area contributed by atoms with Crippen LogP contribution in [-0.2, 0) is 6.61 Å². The molecular weight excluding hydrogens is 328 g/mol. The molecule has 0 saturated heterocycles. The first-order valence-electron chi connectivity index (χ1n) is 8.56. The Morgan fingerprint density at radius 1 is 1.15 bits per heavy atom. The minimum absolute atomic E-state index is 0.0517. The number of likely N-dealkylation sites (N-methyl/N-ethyl adjacent to an activating group) is 2. The Morgan fingerprint density at radius 3 is 2.54 bits per heavy atom. The molecule has 1 amide bonds. The van der Waals surface area contributed by atoms with Crippen molar-refractivity contribution in [2.24, 2.45) is 0 Å². The molecule has 1 atom stereocenters. The zero-order valence-corrected chi connectivity index (χ0v) is 15.3. The number of rotatable bonds is 6. The number of aromatic nitrogens is 2. The van der Waals surface area contributed by atoms with Crippen molar-refractivity contribution in [2.75, 3.05) is 27.7 Å². The lowest BCUT2D eigenvalue weighted by Crippen LogP contribution is -2.37. The van der Waals surface area contributed by atoms with E-state index in [2.05, 4.69) is 14.9 Å². The highest BCUT2D eigenvalue weighted by Crippen LogP contribution is 2.23. The normalized spacial score (nSPS) is 12.5. The maximum Gasteiger partial charge on any atom is 0.254 e. The minimum atomic E-state index is -0.156. The first kappa shape index (κ1) is 18.1. The SMILES string of the molecule is CN(C)CC(c1ccccc1)N(C)C(=O)c1ccc2nc(CO)[nH]c2c1. The van der Waals surface area contributed by atoms with Gasteiger partial charge >= 0.3 is 0 Å². The highest BCUT2D eigenvalue weighted by Gasteiger charge is 2.23. The molecular formula is C20H24N4O2. The van der Waals surface area contributed by atoms with Crippen LogP contribution < -0.4 is 0 Å². The second-order valence-electron chi connectivity index (χ2n) is 6.68. The second kappa shape index (κ2) is 7.68. The molecule has 2 N–H and O–H groups in total. The van der Waals surface area contributed by atoms with Crippen LogP contribution in [0.4, 0.5) is 0 Å². The van der Waals surface area contributed by atoms with Crippen LogP contribution in [0.25, 0.3) is 11.0 Å². The van der Waals surface area contributed by atoms with E-state index < -0.39 is 0 Å². The number of amides is 1. The summed E-state index contributed by atoms with van der Waals surface area (Å²) in [7, 11) is 5.84. The molecule has 0 bridgehead atoms. The Hall–Kier alpha value is -2.70. The van der Waals surface area contributed by atoms with E-state index in [4.69, 9.17) is 0 Å². The van der Waals surface area contributed by atoms with Crippen LogP contribution in [0.2, 0.25) is 0 Å². The van der Waals surface area contributed by atoms with Gasteiger partial charge in [-0.1, -0.05) is 30.3 Å². The predicted molar refractivity (Wildman–Crippen MR) is 102 cm³/mol. The Balaban J connectivity index is 1.90. The number of aliphatic hydroxyl groups is 1. The smallest absolute Gasteiger partial charge is 0.254 e. The molecule has 0 spiro atoms. The minimum Gasteiger partial charge on any atom is -0.388 e. The fraction of sp³-hybridized carbons (Fsp3) is 0.300. The van der Waals surface area contributed by atoms with E-state index >= 15 is 0 Å². The van der Waals surface area contributed by atoms with Gasteiger partial charge in [0.2, 0.25) is 0 Å². The Bertz CT molecular complexity index is 889. The van der Waals surface area contributed by atoms with Gasteiger partial charge in [-0.2, -0.15) is 0 Å². The number of imidazole rings is 1. The molecule has 3 aromatic rings. The monoisotopic (exact) mass is 352 g/mol. The number of carbonyl (C=O) groups excluding carboxylic acids is 1. The third-order valence-corrected chi connectivity index (χ3v) is 4.44. The third-order valence-electron chi connectivity index (χ3n) is 4.44. The molecule has 0 aliphatic heterocycles. The highest BCUT2D eigenvalue weighted by molar-refractivity contribution is 5.97. The van der Waals surface area contributed by atoms with E-state index in [-0.39, 0.29) is 18.6 Å². The molecule has 0 aliphatic carbocycles. The van der Waals surface area contributed by atoms with Gasteiger partial charge in [-0.05, 0) is 37.9 Å². The fourth-order valence-corrected chi connectivity index (χ4v) is 3.09. The molecule has 6 heteroatoms. The van der Waals surface area contributed by atoms with Gasteiger partial charge in [-0.3, -0.25) is 4.79 Å². The van der Waals surface area contributed by atoms with Crippen molar-refractivity contribution in [1.29, 1.82) is 0 Å². The quantitative estimate of drug-likeness (QED) is 0.715. The number of hydrogen-bond donors (Lipinski definition) is 2. The molecule has 6 nitrogen and oxygen atoms in total. The topological polar surface area (TPSA) is 72.5 Å². The lowest BCUT2D eigenvalue weighted by molar-refractivity contribution is 0.0705. The molecule has 1 aromatic heterocycles. The lowest BCUT2D eigenvalue weighted by atomic mass is 10.0. The number of carbonyl (C=O) groups is 1. The number of benzene rings is 2. The number of H-pyrrole nitrogens is 1. The van der Waals surface area contributed by atoms with Crippen molar-refractivity contribution in [3.8, 4) is 0 Å². The van der Waals surface area contributed by atoms with Crippen LogP contribution in [0.15, 0.2) is 48.5 Å². The fourth-order valence-electron chi connectivity index (χ4n) is 3.09. The molecule has 136 valence electrons. The zero-order valence-electron chi connectivity index (χ0n) is 15.3. The van der Waals surface area contributed by atoms with Crippen LogP contribution in [0.5, 0.6) is 0 Å². The molecule has 1 unspecified atom stereocenters. The Kier molecular flexibility index (Phi) is 5.35. The van der Waals surface area contributed by atoms with Crippen molar-refractivity contribution in [3.05, 3.63) is 65.5 Å². The van der Waals surface area contributed by atoms with Crippen molar-refractivity contribution >= 4 is 16.9 Å². The molecule has 0 aliphatic rings. The van der Waals surface area contributed by atoms with Gasteiger partial charge in [0.15, 0.2) is 0 Å². The number of aliphatic hydroxyl groups excluding tert-OH is 1. The Labute approximate surface area is 153 Å². The molecule has 0 radical (unpaired) electrons. The van der Waals surface area contributed by atoms with Crippen LogP contribution in [0, 0.1) is 0 Å². The summed E-state index contributed by atoms with van der Waals surface area (Å²) in [4.78, 5) is 24.2. The Morgan fingerprint density at radius 2 is 1.88 bits per heavy atom. The average molecular weight is 352 g/mol. The van der Waals surface area contributed by atoms with Gasteiger partial charge in [0.25, 0.3) is 5.91 Å². The summed E-state index contributed by atoms with van der Waals surface area (Å²) < 4.78 is 0. The summed E-state index contributed by atoms with van der Waals surface area (Å²) in [6.45, 7) is 0.573.